The number of nitrogens with zero attached hydrogens (tertiary/aromatic N) is 2. The molecule has 8 heteroatoms. The Bertz CT molecular complexity index is 958. The van der Waals surface area contributed by atoms with E-state index < -0.39 is 0 Å². The van der Waals surface area contributed by atoms with E-state index in [1.54, 1.807) is 30.5 Å². The van der Waals surface area contributed by atoms with Crippen molar-refractivity contribution in [3.8, 4) is 11.5 Å². The highest BCUT2D eigenvalue weighted by Crippen LogP contribution is 2.35. The average Bonchev–Trinajstić information content (AvgIpc) is 3.39. The summed E-state index contributed by atoms with van der Waals surface area (Å²) in [5.41, 5.74) is 2.42. The fourth-order valence-electron chi connectivity index (χ4n) is 4.17. The Kier molecular flexibility index (Phi) is 6.25. The lowest BCUT2D eigenvalue weighted by atomic mass is 10.1. The number of methoxy groups -OCH3 is 1. The Morgan fingerprint density at radius 1 is 1.26 bits per heavy atom. The maximum atomic E-state index is 12.6. The highest BCUT2D eigenvalue weighted by Gasteiger charge is 2.31. The number of hydrogen-bond acceptors (Lipinski definition) is 5. The third-order valence-electron chi connectivity index (χ3n) is 5.75. The second kappa shape index (κ2) is 9.24. The molecule has 1 aromatic heterocycles. The SMILES string of the molecule is COc1ccc(C2CN(Cc3cnccc3NC(C)=O)C(=O)N2)cc1OC1CCCC1. The van der Waals surface area contributed by atoms with E-state index in [1.165, 1.54) is 19.8 Å². The van der Waals surface area contributed by atoms with Gasteiger partial charge in [0.15, 0.2) is 11.5 Å². The number of ether oxygens (including phenoxy) is 2. The number of carbonyl (C=O) groups is 2. The third-order valence-corrected chi connectivity index (χ3v) is 5.75. The van der Waals surface area contributed by atoms with Crippen molar-refractivity contribution in [3.63, 3.8) is 0 Å². The third kappa shape index (κ3) is 4.90. The second-order valence-corrected chi connectivity index (χ2v) is 8.03. The van der Waals surface area contributed by atoms with Crippen molar-refractivity contribution in [2.75, 3.05) is 19.0 Å². The maximum absolute atomic E-state index is 12.6. The summed E-state index contributed by atoms with van der Waals surface area (Å²) in [5, 5.41) is 5.83. The van der Waals surface area contributed by atoms with Gasteiger partial charge in [0, 0.05) is 37.1 Å². The molecule has 164 valence electrons. The van der Waals surface area contributed by atoms with Crippen LogP contribution < -0.4 is 20.1 Å². The van der Waals surface area contributed by atoms with Gasteiger partial charge in [-0.25, -0.2) is 4.79 Å². The molecule has 1 atom stereocenters. The van der Waals surface area contributed by atoms with Crippen molar-refractivity contribution >= 4 is 17.6 Å². The van der Waals surface area contributed by atoms with Gasteiger partial charge in [-0.1, -0.05) is 6.07 Å². The predicted octanol–water partition coefficient (Wildman–Crippen LogP) is 3.64. The molecule has 0 spiro atoms. The fourth-order valence-corrected chi connectivity index (χ4v) is 4.17. The number of rotatable bonds is 7. The van der Waals surface area contributed by atoms with E-state index in [1.807, 2.05) is 18.2 Å². The first kappa shape index (κ1) is 21.0. The second-order valence-electron chi connectivity index (χ2n) is 8.03. The first-order valence-electron chi connectivity index (χ1n) is 10.6. The molecule has 1 unspecified atom stereocenters. The highest BCUT2D eigenvalue weighted by atomic mass is 16.5. The molecular formula is C23H28N4O4. The van der Waals surface area contributed by atoms with Crippen LogP contribution in [-0.4, -0.2) is 41.6 Å². The number of aromatic nitrogens is 1. The molecule has 31 heavy (non-hydrogen) atoms. The standard InChI is InChI=1S/C23H28N4O4/c1-15(28)25-19-9-10-24-12-17(19)13-27-14-20(26-23(27)29)16-7-8-21(30-2)22(11-16)31-18-5-3-4-6-18/h7-12,18,20H,3-6,13-14H2,1-2H3,(H,26,29)(H,24,25,28). The Morgan fingerprint density at radius 2 is 2.06 bits per heavy atom. The van der Waals surface area contributed by atoms with Crippen LogP contribution in [0, 0.1) is 0 Å². The van der Waals surface area contributed by atoms with Gasteiger partial charge < -0.3 is 25.0 Å². The molecule has 1 aliphatic heterocycles. The zero-order chi connectivity index (χ0) is 21.8. The summed E-state index contributed by atoms with van der Waals surface area (Å²) in [6, 6.07) is 7.24. The molecule has 1 saturated carbocycles. The van der Waals surface area contributed by atoms with Crippen LogP contribution in [-0.2, 0) is 11.3 Å². The van der Waals surface area contributed by atoms with Gasteiger partial charge in [-0.15, -0.1) is 0 Å². The monoisotopic (exact) mass is 424 g/mol. The van der Waals surface area contributed by atoms with Crippen molar-refractivity contribution in [1.29, 1.82) is 0 Å². The molecule has 1 aromatic carbocycles. The Balaban J connectivity index is 1.48. The zero-order valence-corrected chi connectivity index (χ0v) is 17.9. The molecule has 0 radical (unpaired) electrons. The van der Waals surface area contributed by atoms with Crippen LogP contribution in [0.1, 0.15) is 49.8 Å². The Labute approximate surface area is 181 Å². The molecule has 2 aliphatic rings. The molecular weight excluding hydrogens is 396 g/mol. The molecule has 1 saturated heterocycles. The van der Waals surface area contributed by atoms with Crippen LogP contribution in [0.5, 0.6) is 11.5 Å². The zero-order valence-electron chi connectivity index (χ0n) is 17.9. The molecule has 2 heterocycles. The maximum Gasteiger partial charge on any atom is 0.318 e. The number of benzene rings is 1. The normalized spacial score (nSPS) is 18.7. The van der Waals surface area contributed by atoms with Crippen LogP contribution in [0.4, 0.5) is 10.5 Å². The van der Waals surface area contributed by atoms with Gasteiger partial charge in [0.25, 0.3) is 0 Å². The molecule has 4 rings (SSSR count). The van der Waals surface area contributed by atoms with Crippen LogP contribution in [0.15, 0.2) is 36.7 Å². The molecule has 2 N–H and O–H groups in total. The Morgan fingerprint density at radius 3 is 2.81 bits per heavy atom. The van der Waals surface area contributed by atoms with Gasteiger partial charge in [-0.3, -0.25) is 9.78 Å². The number of nitrogens with one attached hydrogen (secondary N) is 2. The summed E-state index contributed by atoms with van der Waals surface area (Å²) in [6.45, 7) is 2.31. The first-order valence-corrected chi connectivity index (χ1v) is 10.6. The molecule has 3 amide bonds. The molecule has 2 fully saturated rings. The molecule has 0 bridgehead atoms. The molecule has 1 aliphatic carbocycles. The predicted molar refractivity (Wildman–Crippen MR) is 116 cm³/mol. The molecule has 2 aromatic rings. The summed E-state index contributed by atoms with van der Waals surface area (Å²) < 4.78 is 11.7. The summed E-state index contributed by atoms with van der Waals surface area (Å²) >= 11 is 0. The minimum Gasteiger partial charge on any atom is -0.493 e. The lowest BCUT2D eigenvalue weighted by molar-refractivity contribution is -0.114. The summed E-state index contributed by atoms with van der Waals surface area (Å²) in [4.78, 5) is 30.0. The quantitative estimate of drug-likeness (QED) is 0.708. The van der Waals surface area contributed by atoms with Crippen LogP contribution in [0.3, 0.4) is 0 Å². The summed E-state index contributed by atoms with van der Waals surface area (Å²) in [6.07, 6.45) is 8.00. The number of hydrogen-bond donors (Lipinski definition) is 2. The van der Waals surface area contributed by atoms with Crippen LogP contribution >= 0.6 is 0 Å². The first-order chi connectivity index (χ1) is 15.0. The largest absolute Gasteiger partial charge is 0.493 e. The van der Waals surface area contributed by atoms with E-state index in [4.69, 9.17) is 9.47 Å². The van der Waals surface area contributed by atoms with Crippen molar-refractivity contribution < 1.29 is 19.1 Å². The van der Waals surface area contributed by atoms with Crippen LogP contribution in [0.2, 0.25) is 0 Å². The van der Waals surface area contributed by atoms with E-state index in [2.05, 4.69) is 15.6 Å². The molecule has 8 nitrogen and oxygen atoms in total. The number of urea groups is 1. The number of anilines is 1. The fraction of sp³-hybridized carbons (Fsp3) is 0.435. The average molecular weight is 425 g/mol. The van der Waals surface area contributed by atoms with E-state index in [9.17, 15) is 9.59 Å². The van der Waals surface area contributed by atoms with Gasteiger partial charge in [-0.2, -0.15) is 0 Å². The highest BCUT2D eigenvalue weighted by molar-refractivity contribution is 5.89. The van der Waals surface area contributed by atoms with Crippen molar-refractivity contribution in [2.24, 2.45) is 0 Å². The topological polar surface area (TPSA) is 92.8 Å². The van der Waals surface area contributed by atoms with E-state index in [0.29, 0.717) is 24.5 Å². The van der Waals surface area contributed by atoms with Crippen molar-refractivity contribution in [2.45, 2.75) is 51.3 Å². The summed E-state index contributed by atoms with van der Waals surface area (Å²) in [7, 11) is 1.64. The number of carbonyl (C=O) groups excluding carboxylic acids is 2. The minimum absolute atomic E-state index is 0.156. The van der Waals surface area contributed by atoms with Crippen molar-refractivity contribution in [1.82, 2.24) is 15.2 Å². The van der Waals surface area contributed by atoms with Gasteiger partial charge in [0.05, 0.1) is 25.8 Å². The van der Waals surface area contributed by atoms with Gasteiger partial charge in [0.2, 0.25) is 5.91 Å². The van der Waals surface area contributed by atoms with E-state index in [0.717, 1.165) is 29.7 Å². The minimum atomic E-state index is -0.163. The lowest BCUT2D eigenvalue weighted by Gasteiger charge is -2.19. The van der Waals surface area contributed by atoms with Gasteiger partial charge in [-0.05, 0) is 49.4 Å². The number of amides is 3. The van der Waals surface area contributed by atoms with Gasteiger partial charge in [0.1, 0.15) is 0 Å². The van der Waals surface area contributed by atoms with E-state index >= 15 is 0 Å². The smallest absolute Gasteiger partial charge is 0.318 e. The Hall–Kier alpha value is -3.29. The number of pyridine rings is 1. The summed E-state index contributed by atoms with van der Waals surface area (Å²) in [5.74, 6) is 1.26. The van der Waals surface area contributed by atoms with Gasteiger partial charge >= 0.3 is 6.03 Å². The lowest BCUT2D eigenvalue weighted by Crippen LogP contribution is -2.28. The van der Waals surface area contributed by atoms with Crippen LogP contribution in [0.25, 0.3) is 0 Å². The van der Waals surface area contributed by atoms with E-state index in [-0.39, 0.29) is 24.1 Å². The van der Waals surface area contributed by atoms with Crippen molar-refractivity contribution in [3.05, 3.63) is 47.8 Å².